The molecule has 0 bridgehead atoms. The van der Waals surface area contributed by atoms with Crippen LogP contribution < -0.4 is 5.73 Å². The van der Waals surface area contributed by atoms with Gasteiger partial charge in [0.2, 0.25) is 0 Å². The van der Waals surface area contributed by atoms with Crippen molar-refractivity contribution in [2.45, 2.75) is 12.4 Å². The maximum atomic E-state index is 10.3. The third kappa shape index (κ3) is 4.29. The standard InChI is InChI=1S/C5H11NO2S/c1-9-3-2-4(6)5(7)8/h4H,2-3,6H2,1H3,(H,7,8)/t4-/m0/s1/i2+1D,3+0D2,4+1,5+1,6+1/t2-,4+/m1. The summed E-state index contributed by atoms with van der Waals surface area (Å²) in [6, 6.07) is -1.48. The highest BCUT2D eigenvalue weighted by atomic mass is 32.2. The van der Waals surface area contributed by atoms with Crippen molar-refractivity contribution >= 4 is 17.7 Å². The Morgan fingerprint density at radius 1 is 2.11 bits per heavy atom. The summed E-state index contributed by atoms with van der Waals surface area (Å²) in [5.74, 6) is -1.35. The van der Waals surface area contributed by atoms with Crippen molar-refractivity contribution < 1.29 is 14.0 Å². The molecule has 0 fully saturated rings. The van der Waals surface area contributed by atoms with E-state index in [0.717, 1.165) is 11.8 Å². The highest BCUT2D eigenvalue weighted by Gasteiger charge is 2.08. The number of carbonyl (C=O) groups is 1. The van der Waals surface area contributed by atoms with E-state index in [9.17, 15) is 4.79 Å². The lowest BCUT2D eigenvalue weighted by Gasteiger charge is -2.02. The number of nitrogens with two attached hydrogens (primary N) is 1. The average molecular weight is 156 g/mol. The first-order valence-corrected chi connectivity index (χ1v) is 3.51. The van der Waals surface area contributed by atoms with Gasteiger partial charge in [-0.25, -0.2) is 0 Å². The smallest absolute Gasteiger partial charge is 0.320 e. The summed E-state index contributed by atoms with van der Waals surface area (Å²) in [5.41, 5.74) is 3.16. The van der Waals surface area contributed by atoms with Crippen molar-refractivity contribution in [2.75, 3.05) is 12.0 Å². The van der Waals surface area contributed by atoms with Crippen LogP contribution in [0, 0.1) is 0 Å². The Labute approximate surface area is 62.8 Å². The number of thioether (sulfide) groups is 1. The summed E-state index contributed by atoms with van der Waals surface area (Å²) in [6.07, 6.45) is 0.0147. The summed E-state index contributed by atoms with van der Waals surface area (Å²) in [6.45, 7) is 0. The molecule has 0 heterocycles. The zero-order valence-corrected chi connectivity index (χ0v) is 5.81. The molecule has 0 aromatic rings. The SMILES string of the molecule is [2H][13C@@H]([13C@H]([15NH2])[13C](=O)O)[12C]([2H])([2H])SC. The Morgan fingerprint density at radius 2 is 2.67 bits per heavy atom. The topological polar surface area (TPSA) is 63.3 Å². The van der Waals surface area contributed by atoms with Gasteiger partial charge < -0.3 is 10.8 Å². The molecule has 2 atom stereocenters. The van der Waals surface area contributed by atoms with Crippen molar-refractivity contribution in [1.82, 2.24) is 0 Å². The molecule has 3 nitrogen and oxygen atoms in total. The molecule has 0 aromatic heterocycles. The van der Waals surface area contributed by atoms with Crippen molar-refractivity contribution in [2.24, 2.45) is 5.73 Å². The van der Waals surface area contributed by atoms with Gasteiger partial charge in [0.15, 0.2) is 0 Å². The number of rotatable bonds is 4. The van der Waals surface area contributed by atoms with Crippen LogP contribution in [0.1, 0.15) is 10.5 Å². The molecule has 0 rings (SSSR count). The number of hydrogen-bond donors (Lipinski definition) is 2. The molecule has 0 aromatic carbocycles. The van der Waals surface area contributed by atoms with E-state index in [2.05, 4.69) is 0 Å². The predicted molar refractivity (Wildman–Crippen MR) is 38.6 cm³/mol. The lowest BCUT2D eigenvalue weighted by Crippen LogP contribution is -2.30. The van der Waals surface area contributed by atoms with Gasteiger partial charge in [0, 0.05) is 4.11 Å². The minimum atomic E-state index is -1.92. The second kappa shape index (κ2) is 4.64. The molecule has 4 heteroatoms. The lowest BCUT2D eigenvalue weighted by molar-refractivity contribution is -0.138. The van der Waals surface area contributed by atoms with E-state index in [0.29, 0.717) is 0 Å². The van der Waals surface area contributed by atoms with Gasteiger partial charge in [-0.1, -0.05) is 0 Å². The Bertz CT molecular complexity index is 178. The first-order chi connectivity index (χ1) is 5.33. The van der Waals surface area contributed by atoms with Gasteiger partial charge >= 0.3 is 5.97 Å². The molecular formula is C5H11NO2S. The quantitative estimate of drug-likeness (QED) is 0.449. The van der Waals surface area contributed by atoms with Crippen LogP contribution in [0.4, 0.5) is 0 Å². The Hall–Kier alpha value is -0.220. The molecule has 0 saturated carbocycles. The highest BCUT2D eigenvalue weighted by molar-refractivity contribution is 7.98. The summed E-state index contributed by atoms with van der Waals surface area (Å²) >= 11 is 0.783. The first kappa shape index (κ1) is 4.57. The van der Waals surface area contributed by atoms with E-state index in [1.54, 1.807) is 0 Å². The predicted octanol–water partition coefficient (Wildman–Crippen LogP) is 0.151. The Balaban J connectivity index is 4.37. The molecule has 3 N–H and O–H groups in total. The molecule has 54 valence electrons. The molecule has 0 aliphatic rings. The maximum absolute atomic E-state index is 10.3. The Kier molecular flexibility index (Phi) is 2.36. The van der Waals surface area contributed by atoms with Gasteiger partial charge in [0.25, 0.3) is 0 Å². The van der Waals surface area contributed by atoms with Crippen LogP contribution in [0.2, 0.25) is 0 Å². The fourth-order valence-corrected chi connectivity index (χ4v) is 0.495. The molecule has 0 saturated heterocycles. The minimum Gasteiger partial charge on any atom is -0.480 e. The summed E-state index contributed by atoms with van der Waals surface area (Å²) in [7, 11) is 0. The van der Waals surface area contributed by atoms with Crippen LogP contribution in [0.15, 0.2) is 0 Å². The first-order valence-electron chi connectivity index (χ1n) is 3.86. The van der Waals surface area contributed by atoms with Gasteiger partial charge in [0.05, 0.1) is 0 Å². The maximum Gasteiger partial charge on any atom is 0.320 e. The second-order valence-corrected chi connectivity index (χ2v) is 2.00. The fourth-order valence-electron chi connectivity index (χ4n) is 0.213. The number of aliphatic carboxylic acids is 1. The molecule has 0 amide bonds. The molecule has 0 spiro atoms. The molecule has 0 radical (unpaired) electrons. The third-order valence-electron chi connectivity index (χ3n) is 0.651. The van der Waals surface area contributed by atoms with Crippen LogP contribution >= 0.6 is 11.8 Å². The van der Waals surface area contributed by atoms with Crippen LogP contribution in [0.3, 0.4) is 0 Å². The second-order valence-electron chi connectivity index (χ2n) is 1.35. The fraction of sp³-hybridized carbons (Fsp3) is 0.800. The van der Waals surface area contributed by atoms with Gasteiger partial charge in [0.1, 0.15) is 6.04 Å². The molecular weight excluding hydrogens is 142 g/mol. The highest BCUT2D eigenvalue weighted by Crippen LogP contribution is 1.97. The van der Waals surface area contributed by atoms with Crippen LogP contribution in [-0.2, 0) is 4.79 Å². The van der Waals surface area contributed by atoms with Gasteiger partial charge in [-0.2, -0.15) is 11.8 Å². The number of hydrogen-bond acceptors (Lipinski definition) is 3. The monoisotopic (exact) mass is 156 g/mol. The third-order valence-corrected chi connectivity index (χ3v) is 1.02. The molecule has 9 heavy (non-hydrogen) atoms. The Morgan fingerprint density at radius 3 is 3.00 bits per heavy atom. The van der Waals surface area contributed by atoms with E-state index >= 15 is 0 Å². The van der Waals surface area contributed by atoms with E-state index in [1.165, 1.54) is 6.26 Å². The van der Waals surface area contributed by atoms with E-state index < -0.39 is 24.1 Å². The number of carboxylic acid groups (broad SMARTS) is 1. The number of carboxylic acids is 1. The van der Waals surface area contributed by atoms with Crippen molar-refractivity contribution in [3.05, 3.63) is 0 Å². The van der Waals surface area contributed by atoms with Crippen LogP contribution in [0.5, 0.6) is 0 Å². The average Bonchev–Trinajstić information content (AvgIpc) is 2.01. The van der Waals surface area contributed by atoms with Gasteiger partial charge in [-0.05, 0) is 18.4 Å². The van der Waals surface area contributed by atoms with Crippen molar-refractivity contribution in [1.29, 1.82) is 0 Å². The van der Waals surface area contributed by atoms with E-state index in [4.69, 9.17) is 15.0 Å². The summed E-state index contributed by atoms with van der Waals surface area (Å²) < 4.78 is 21.6. The van der Waals surface area contributed by atoms with Crippen molar-refractivity contribution in [3.8, 4) is 0 Å². The minimum absolute atomic E-state index is 0.783. The zero-order chi connectivity index (χ0) is 9.94. The molecule has 0 unspecified atom stereocenters. The normalized spacial score (nSPS) is 23.1. The molecule has 0 aliphatic carbocycles. The van der Waals surface area contributed by atoms with Gasteiger partial charge in [-0.3, -0.25) is 4.79 Å². The lowest BCUT2D eigenvalue weighted by atomic mass is 11.0. The molecule has 0 aliphatic heterocycles. The van der Waals surface area contributed by atoms with Gasteiger partial charge in [-0.15, -0.1) is 0 Å². The largest absolute Gasteiger partial charge is 0.480 e. The van der Waals surface area contributed by atoms with E-state index in [1.807, 2.05) is 0 Å². The van der Waals surface area contributed by atoms with Crippen LogP contribution in [0.25, 0.3) is 0 Å². The van der Waals surface area contributed by atoms with Crippen molar-refractivity contribution in [3.63, 3.8) is 0 Å². The summed E-state index contributed by atoms with van der Waals surface area (Å²) in [5, 5.41) is 8.39. The summed E-state index contributed by atoms with van der Waals surface area (Å²) in [4.78, 5) is 10.3. The zero-order valence-electron chi connectivity index (χ0n) is 8.00. The van der Waals surface area contributed by atoms with Crippen LogP contribution in [-0.4, -0.2) is 29.1 Å². The van der Waals surface area contributed by atoms with E-state index in [-0.39, 0.29) is 0 Å².